The lowest BCUT2D eigenvalue weighted by atomic mass is 10.00. The minimum absolute atomic E-state index is 0. The van der Waals surface area contributed by atoms with Gasteiger partial charge in [-0.3, -0.25) is 4.99 Å². The Kier molecular flexibility index (Phi) is 7.08. The molecule has 5 nitrogen and oxygen atoms in total. The molecule has 1 aliphatic rings. The average molecular weight is 439 g/mol. The Balaban J connectivity index is 0.00000208. The van der Waals surface area contributed by atoms with Gasteiger partial charge in [0.05, 0.1) is 18.4 Å². The van der Waals surface area contributed by atoms with E-state index in [1.165, 1.54) is 12.8 Å². The Morgan fingerprint density at radius 2 is 2.00 bits per heavy atom. The molecule has 130 valence electrons. The van der Waals surface area contributed by atoms with Crippen molar-refractivity contribution < 1.29 is 0 Å². The average Bonchev–Trinajstić information content (AvgIpc) is 3.07. The van der Waals surface area contributed by atoms with Crippen LogP contribution < -0.4 is 5.32 Å². The minimum Gasteiger partial charge on any atom is -0.349 e. The highest BCUT2D eigenvalue weighted by Crippen LogP contribution is 2.17. The van der Waals surface area contributed by atoms with Crippen LogP contribution in [0, 0.1) is 5.92 Å². The smallest absolute Gasteiger partial charge is 0.194 e. The fourth-order valence-corrected chi connectivity index (χ4v) is 2.93. The fraction of sp³-hybridized carbons (Fsp3) is 0.444. The summed E-state index contributed by atoms with van der Waals surface area (Å²) in [6, 6.07) is 10.3. The number of nitrogens with one attached hydrogen (secondary N) is 2. The number of benzene rings is 1. The zero-order chi connectivity index (χ0) is 16.1. The van der Waals surface area contributed by atoms with Crippen LogP contribution in [0.15, 0.2) is 41.5 Å². The van der Waals surface area contributed by atoms with Crippen LogP contribution in [0.3, 0.4) is 0 Å². The van der Waals surface area contributed by atoms with Gasteiger partial charge in [0.1, 0.15) is 5.82 Å². The van der Waals surface area contributed by atoms with E-state index in [-0.39, 0.29) is 24.0 Å². The van der Waals surface area contributed by atoms with E-state index in [1.54, 1.807) is 0 Å². The Labute approximate surface area is 161 Å². The molecule has 24 heavy (non-hydrogen) atoms. The maximum atomic E-state index is 4.46. The van der Waals surface area contributed by atoms with Crippen molar-refractivity contribution in [3.8, 4) is 11.3 Å². The molecule has 0 bridgehead atoms. The third kappa shape index (κ3) is 4.72. The zero-order valence-corrected chi connectivity index (χ0v) is 16.7. The van der Waals surface area contributed by atoms with Crippen LogP contribution in [0.1, 0.15) is 25.6 Å². The van der Waals surface area contributed by atoms with Crippen LogP contribution in [0.4, 0.5) is 0 Å². The molecular weight excluding hydrogens is 413 g/mol. The lowest BCUT2D eigenvalue weighted by Crippen LogP contribution is -2.45. The molecule has 1 saturated heterocycles. The number of piperidine rings is 1. The molecule has 0 spiro atoms. The van der Waals surface area contributed by atoms with E-state index in [1.807, 2.05) is 31.4 Å². The minimum atomic E-state index is 0. The summed E-state index contributed by atoms with van der Waals surface area (Å²) in [4.78, 5) is 14.6. The number of aromatic nitrogens is 2. The Bertz CT molecular complexity index is 644. The summed E-state index contributed by atoms with van der Waals surface area (Å²) in [5.41, 5.74) is 2.20. The Morgan fingerprint density at radius 1 is 1.29 bits per heavy atom. The van der Waals surface area contributed by atoms with Gasteiger partial charge in [0.15, 0.2) is 5.96 Å². The van der Waals surface area contributed by atoms with Crippen LogP contribution in [0.25, 0.3) is 11.3 Å². The highest BCUT2D eigenvalue weighted by Gasteiger charge is 2.18. The van der Waals surface area contributed by atoms with Crippen molar-refractivity contribution in [3.05, 3.63) is 42.4 Å². The van der Waals surface area contributed by atoms with Crippen LogP contribution in [-0.2, 0) is 6.54 Å². The van der Waals surface area contributed by atoms with E-state index in [9.17, 15) is 0 Å². The summed E-state index contributed by atoms with van der Waals surface area (Å²) in [6.07, 6.45) is 4.36. The van der Waals surface area contributed by atoms with Gasteiger partial charge in [0.25, 0.3) is 0 Å². The molecular formula is C18H26IN5. The predicted molar refractivity (Wildman–Crippen MR) is 110 cm³/mol. The zero-order valence-electron chi connectivity index (χ0n) is 14.3. The molecule has 3 rings (SSSR count). The molecule has 2 aromatic rings. The molecule has 2 N–H and O–H groups in total. The number of imidazole rings is 1. The molecule has 0 saturated carbocycles. The van der Waals surface area contributed by atoms with Gasteiger partial charge in [-0.05, 0) is 24.3 Å². The Morgan fingerprint density at radius 3 is 2.67 bits per heavy atom. The first-order valence-electron chi connectivity index (χ1n) is 8.31. The molecule has 0 amide bonds. The first-order valence-corrected chi connectivity index (χ1v) is 8.31. The van der Waals surface area contributed by atoms with E-state index in [2.05, 4.69) is 44.2 Å². The predicted octanol–water partition coefficient (Wildman–Crippen LogP) is 3.50. The molecule has 0 radical (unpaired) electrons. The van der Waals surface area contributed by atoms with E-state index in [0.717, 1.165) is 42.0 Å². The molecule has 1 aromatic heterocycles. The number of rotatable bonds is 3. The van der Waals surface area contributed by atoms with Gasteiger partial charge in [-0.25, -0.2) is 4.98 Å². The van der Waals surface area contributed by atoms with Crippen molar-refractivity contribution in [2.24, 2.45) is 10.9 Å². The van der Waals surface area contributed by atoms with Crippen LogP contribution in [0.5, 0.6) is 0 Å². The fourth-order valence-electron chi connectivity index (χ4n) is 2.93. The molecule has 1 aliphatic heterocycles. The largest absolute Gasteiger partial charge is 0.349 e. The van der Waals surface area contributed by atoms with Crippen molar-refractivity contribution in [1.29, 1.82) is 0 Å². The lowest BCUT2D eigenvalue weighted by Gasteiger charge is -2.32. The molecule has 1 aromatic carbocycles. The van der Waals surface area contributed by atoms with Gasteiger partial charge in [0, 0.05) is 20.1 Å². The van der Waals surface area contributed by atoms with Crippen molar-refractivity contribution >= 4 is 29.9 Å². The lowest BCUT2D eigenvalue weighted by molar-refractivity contribution is 0.273. The molecule has 0 aliphatic carbocycles. The number of hydrogen-bond acceptors (Lipinski definition) is 2. The second-order valence-electron chi connectivity index (χ2n) is 6.18. The van der Waals surface area contributed by atoms with Crippen LogP contribution in [0.2, 0.25) is 0 Å². The third-order valence-electron chi connectivity index (χ3n) is 4.42. The molecule has 0 unspecified atom stereocenters. The quantitative estimate of drug-likeness (QED) is 0.437. The molecule has 2 heterocycles. The first kappa shape index (κ1) is 18.8. The van der Waals surface area contributed by atoms with E-state index in [0.29, 0.717) is 6.54 Å². The van der Waals surface area contributed by atoms with Crippen molar-refractivity contribution in [2.75, 3.05) is 20.1 Å². The van der Waals surface area contributed by atoms with Gasteiger partial charge in [0.2, 0.25) is 0 Å². The van der Waals surface area contributed by atoms with E-state index < -0.39 is 0 Å². The van der Waals surface area contributed by atoms with Gasteiger partial charge in [-0.15, -0.1) is 24.0 Å². The summed E-state index contributed by atoms with van der Waals surface area (Å²) in [7, 11) is 1.85. The van der Waals surface area contributed by atoms with E-state index >= 15 is 0 Å². The van der Waals surface area contributed by atoms with Crippen LogP contribution in [-0.4, -0.2) is 41.0 Å². The highest BCUT2D eigenvalue weighted by molar-refractivity contribution is 14.0. The monoisotopic (exact) mass is 439 g/mol. The van der Waals surface area contributed by atoms with Crippen molar-refractivity contribution in [2.45, 2.75) is 26.3 Å². The van der Waals surface area contributed by atoms with Crippen molar-refractivity contribution in [3.63, 3.8) is 0 Å². The Hall–Kier alpha value is -1.57. The number of hydrogen-bond donors (Lipinski definition) is 2. The highest BCUT2D eigenvalue weighted by atomic mass is 127. The van der Waals surface area contributed by atoms with Gasteiger partial charge >= 0.3 is 0 Å². The van der Waals surface area contributed by atoms with Gasteiger partial charge < -0.3 is 15.2 Å². The SMILES string of the molecule is CN=C(NCc1ncc(-c2ccccc2)[nH]1)N1CCC(C)CC1.I. The number of halogens is 1. The molecule has 1 fully saturated rings. The maximum Gasteiger partial charge on any atom is 0.194 e. The summed E-state index contributed by atoms with van der Waals surface area (Å²) in [5, 5.41) is 3.42. The summed E-state index contributed by atoms with van der Waals surface area (Å²) in [6.45, 7) is 5.13. The summed E-state index contributed by atoms with van der Waals surface area (Å²) in [5.74, 6) is 2.72. The number of aromatic amines is 1. The second-order valence-corrected chi connectivity index (χ2v) is 6.18. The molecule has 0 atom stereocenters. The number of H-pyrrole nitrogens is 1. The molecule has 6 heteroatoms. The van der Waals surface area contributed by atoms with Crippen LogP contribution >= 0.6 is 24.0 Å². The van der Waals surface area contributed by atoms with Gasteiger partial charge in [-0.2, -0.15) is 0 Å². The maximum absolute atomic E-state index is 4.46. The van der Waals surface area contributed by atoms with E-state index in [4.69, 9.17) is 0 Å². The number of nitrogens with zero attached hydrogens (tertiary/aromatic N) is 3. The normalized spacial score (nSPS) is 15.9. The number of aliphatic imine (C=N–C) groups is 1. The topological polar surface area (TPSA) is 56.3 Å². The summed E-state index contributed by atoms with van der Waals surface area (Å²) < 4.78 is 0. The van der Waals surface area contributed by atoms with Gasteiger partial charge in [-0.1, -0.05) is 37.3 Å². The first-order chi connectivity index (χ1) is 11.3. The summed E-state index contributed by atoms with van der Waals surface area (Å²) >= 11 is 0. The third-order valence-corrected chi connectivity index (χ3v) is 4.42. The number of guanidine groups is 1. The standard InChI is InChI=1S/C18H25N5.HI/c1-14-8-10-23(11-9-14)18(19-2)21-13-17-20-12-16(22-17)15-6-4-3-5-7-15;/h3-7,12,14H,8-11,13H2,1-2H3,(H,19,21)(H,20,22);1H. The van der Waals surface area contributed by atoms with Crippen molar-refractivity contribution in [1.82, 2.24) is 20.2 Å². The second kappa shape index (κ2) is 9.05. The number of likely N-dealkylation sites (tertiary alicyclic amines) is 1.